The van der Waals surface area contributed by atoms with Gasteiger partial charge in [-0.2, -0.15) is 0 Å². The third-order valence-corrected chi connectivity index (χ3v) is 10.2. The van der Waals surface area contributed by atoms with Gasteiger partial charge in [0.1, 0.15) is 0 Å². The van der Waals surface area contributed by atoms with Gasteiger partial charge in [-0.25, -0.2) is 0 Å². The molecule has 6 atom stereocenters. The summed E-state index contributed by atoms with van der Waals surface area (Å²) in [5.41, 5.74) is 2.37. The van der Waals surface area contributed by atoms with Crippen molar-refractivity contribution in [3.63, 3.8) is 0 Å². The monoisotopic (exact) mass is 757 g/mol. The molecule has 1 saturated heterocycles. The summed E-state index contributed by atoms with van der Waals surface area (Å²) in [5, 5.41) is 0. The molecule has 1 aliphatic heterocycles. The number of esters is 4. The van der Waals surface area contributed by atoms with E-state index >= 15 is 0 Å². The number of carbonyl (C=O) groups is 4. The predicted molar refractivity (Wildman–Crippen MR) is 221 cm³/mol. The van der Waals surface area contributed by atoms with Gasteiger partial charge in [0.25, 0.3) is 0 Å². The van der Waals surface area contributed by atoms with Gasteiger partial charge in [-0.1, -0.05) is 155 Å². The lowest BCUT2D eigenvalue weighted by atomic mass is 9.68. The van der Waals surface area contributed by atoms with E-state index in [1.54, 1.807) is 34.8 Å². The fourth-order valence-corrected chi connectivity index (χ4v) is 3.73. The number of rotatable bonds is 13. The van der Waals surface area contributed by atoms with E-state index in [9.17, 15) is 19.2 Å². The lowest BCUT2D eigenvalue weighted by Crippen LogP contribution is -2.28. The number of methoxy groups -OCH3 is 3. The molecule has 0 aliphatic carbocycles. The zero-order valence-electron chi connectivity index (χ0n) is 35.5. The molecular formula is C44H84O9. The smallest absolute Gasteiger partial charge is 0.317 e. The summed E-state index contributed by atoms with van der Waals surface area (Å²) in [6.07, 6.45) is 4.69. The molecule has 1 aromatic carbocycles. The third-order valence-electron chi connectivity index (χ3n) is 10.2. The van der Waals surface area contributed by atoms with E-state index in [0.29, 0.717) is 22.7 Å². The van der Waals surface area contributed by atoms with Crippen LogP contribution in [0.4, 0.5) is 0 Å². The number of hydrogen-bond donors (Lipinski definition) is 0. The van der Waals surface area contributed by atoms with Crippen LogP contribution in [0.3, 0.4) is 0 Å². The Kier molecular flexibility index (Phi) is 36.6. The second kappa shape index (κ2) is 32.6. The van der Waals surface area contributed by atoms with Crippen molar-refractivity contribution < 1.29 is 42.9 Å². The van der Waals surface area contributed by atoms with Gasteiger partial charge in [-0.15, -0.1) is 0 Å². The molecule has 0 saturated carbocycles. The maximum Gasteiger partial charge on any atom is 0.317 e. The first kappa shape index (κ1) is 59.5. The molecule has 53 heavy (non-hydrogen) atoms. The SMILES string of the molecule is C.C.CC1C(=O)OC(=O)C1C.CCC(C)(C)C(C)(C)C.CCC(C)COCCCOC.CCC(C)c1ccccc1.COC(=O)C(C)C(C)C(=O)OC. The van der Waals surface area contributed by atoms with Crippen molar-refractivity contribution >= 4 is 23.9 Å². The molecule has 0 amide bonds. The molecule has 0 aromatic heterocycles. The Bertz CT molecular complexity index is 1020. The van der Waals surface area contributed by atoms with E-state index in [2.05, 4.69) is 114 Å². The predicted octanol–water partition coefficient (Wildman–Crippen LogP) is 11.0. The van der Waals surface area contributed by atoms with Gasteiger partial charge in [-0.3, -0.25) is 19.2 Å². The largest absolute Gasteiger partial charge is 0.469 e. The Balaban J connectivity index is -0.000000180. The second-order valence-corrected chi connectivity index (χ2v) is 15.1. The normalized spacial score (nSPS) is 16.8. The molecule has 1 aromatic rings. The third kappa shape index (κ3) is 26.6. The van der Waals surface area contributed by atoms with Gasteiger partial charge < -0.3 is 23.7 Å². The van der Waals surface area contributed by atoms with E-state index in [1.165, 1.54) is 39.0 Å². The number of cyclic esters (lactones) is 2. The van der Waals surface area contributed by atoms with Crippen molar-refractivity contribution in [3.05, 3.63) is 35.9 Å². The zero-order chi connectivity index (χ0) is 40.4. The quantitative estimate of drug-likeness (QED) is 0.0839. The molecule has 6 unspecified atom stereocenters. The highest BCUT2D eigenvalue weighted by Crippen LogP contribution is 2.40. The van der Waals surface area contributed by atoms with E-state index in [1.807, 2.05) is 0 Å². The van der Waals surface area contributed by atoms with Crippen LogP contribution in [0, 0.1) is 40.4 Å². The Hall–Kier alpha value is -2.78. The number of ether oxygens (including phenoxy) is 5. The molecule has 1 heterocycles. The van der Waals surface area contributed by atoms with Crippen molar-refractivity contribution in [2.24, 2.45) is 40.4 Å². The lowest BCUT2D eigenvalue weighted by Gasteiger charge is -2.37. The maximum atomic E-state index is 10.9. The second-order valence-electron chi connectivity index (χ2n) is 15.1. The number of hydrogen-bond acceptors (Lipinski definition) is 9. The van der Waals surface area contributed by atoms with E-state index in [-0.39, 0.29) is 26.7 Å². The number of benzene rings is 1. The minimum absolute atomic E-state index is 0. The van der Waals surface area contributed by atoms with Crippen LogP contribution in [-0.2, 0) is 42.9 Å². The van der Waals surface area contributed by atoms with Crippen molar-refractivity contribution in [1.82, 2.24) is 0 Å². The molecule has 1 fully saturated rings. The maximum absolute atomic E-state index is 10.9. The highest BCUT2D eigenvalue weighted by Gasteiger charge is 2.37. The Labute approximate surface area is 327 Å². The molecule has 2 rings (SSSR count). The van der Waals surface area contributed by atoms with Gasteiger partial charge in [0.2, 0.25) is 0 Å². The Morgan fingerprint density at radius 1 is 0.736 bits per heavy atom. The molecular weight excluding hydrogens is 672 g/mol. The fraction of sp³-hybridized carbons (Fsp3) is 0.773. The lowest BCUT2D eigenvalue weighted by molar-refractivity contribution is -0.156. The van der Waals surface area contributed by atoms with Gasteiger partial charge in [0, 0.05) is 26.9 Å². The van der Waals surface area contributed by atoms with Gasteiger partial charge in [-0.05, 0) is 41.1 Å². The first-order valence-corrected chi connectivity index (χ1v) is 18.7. The number of carbonyl (C=O) groups excluding carboxylic acids is 4. The first-order chi connectivity index (χ1) is 23.6. The minimum atomic E-state index is -0.456. The molecule has 0 radical (unpaired) electrons. The van der Waals surface area contributed by atoms with Crippen molar-refractivity contribution in [1.29, 1.82) is 0 Å². The summed E-state index contributed by atoms with van der Waals surface area (Å²) in [5.74, 6) is -1.60. The van der Waals surface area contributed by atoms with Crippen molar-refractivity contribution in [3.8, 4) is 0 Å². The highest BCUT2D eigenvalue weighted by molar-refractivity contribution is 5.95. The molecule has 9 heteroatoms. The fourth-order valence-electron chi connectivity index (χ4n) is 3.73. The van der Waals surface area contributed by atoms with Gasteiger partial charge in [0.05, 0.1) is 37.9 Å². The van der Waals surface area contributed by atoms with Crippen LogP contribution in [0.1, 0.15) is 149 Å². The summed E-state index contributed by atoms with van der Waals surface area (Å²) in [6.45, 7) is 31.9. The van der Waals surface area contributed by atoms with Crippen LogP contribution in [-0.4, -0.2) is 65.0 Å². The van der Waals surface area contributed by atoms with Crippen LogP contribution < -0.4 is 0 Å². The summed E-state index contributed by atoms with van der Waals surface area (Å²) in [4.78, 5) is 43.0. The molecule has 9 nitrogen and oxygen atoms in total. The summed E-state index contributed by atoms with van der Waals surface area (Å²) in [6, 6.07) is 10.6. The van der Waals surface area contributed by atoms with E-state index in [0.717, 1.165) is 26.2 Å². The standard InChI is InChI=1S/C10H14.C9H20O2.C9H20.C8H14O4.C6H8O3.2CH4/c1-3-9(2)10-7-5-4-6-8-10;1-4-9(2)8-11-7-5-6-10-3;1-7-9(5,6)8(2,3)4;1-5(7(9)11-3)6(2)8(10)12-4;1-3-4(2)6(8)9-5(3)7;;/h4-9H,3H2,1-2H3;9H,4-8H2,1-3H3;7H2,1-6H3;5-6H,1-4H3;3-4H,1-2H3;2*1H4. The van der Waals surface area contributed by atoms with Gasteiger partial charge in [0.15, 0.2) is 0 Å². The van der Waals surface area contributed by atoms with Crippen LogP contribution in [0.25, 0.3) is 0 Å². The van der Waals surface area contributed by atoms with Crippen LogP contribution in [0.15, 0.2) is 30.3 Å². The average Bonchev–Trinajstić information content (AvgIpc) is 3.34. The average molecular weight is 757 g/mol. The first-order valence-electron chi connectivity index (χ1n) is 18.7. The van der Waals surface area contributed by atoms with Crippen LogP contribution >= 0.6 is 0 Å². The summed E-state index contributed by atoms with van der Waals surface area (Å²) < 4.78 is 23.6. The Morgan fingerprint density at radius 3 is 1.43 bits per heavy atom. The van der Waals surface area contributed by atoms with Gasteiger partial charge >= 0.3 is 23.9 Å². The van der Waals surface area contributed by atoms with Crippen LogP contribution in [0.2, 0.25) is 0 Å². The van der Waals surface area contributed by atoms with Crippen molar-refractivity contribution in [2.45, 2.75) is 143 Å². The van der Waals surface area contributed by atoms with Crippen LogP contribution in [0.5, 0.6) is 0 Å². The molecule has 314 valence electrons. The summed E-state index contributed by atoms with van der Waals surface area (Å²) >= 11 is 0. The molecule has 0 N–H and O–H groups in total. The van der Waals surface area contributed by atoms with E-state index < -0.39 is 35.7 Å². The topological polar surface area (TPSA) is 114 Å². The minimum Gasteiger partial charge on any atom is -0.469 e. The highest BCUT2D eigenvalue weighted by atomic mass is 16.6. The Morgan fingerprint density at radius 2 is 1.17 bits per heavy atom. The molecule has 0 spiro atoms. The zero-order valence-corrected chi connectivity index (χ0v) is 35.5. The summed E-state index contributed by atoms with van der Waals surface area (Å²) in [7, 11) is 4.31. The molecule has 1 aliphatic rings. The van der Waals surface area contributed by atoms with Crippen molar-refractivity contribution in [2.75, 3.05) is 41.2 Å². The molecule has 0 bridgehead atoms. The van der Waals surface area contributed by atoms with E-state index in [4.69, 9.17) is 9.47 Å².